The van der Waals surface area contributed by atoms with Crippen molar-refractivity contribution in [2.45, 2.75) is 51.0 Å². The van der Waals surface area contributed by atoms with Gasteiger partial charge in [0.05, 0.1) is 9.88 Å². The lowest BCUT2D eigenvalue weighted by molar-refractivity contribution is 0.0618. The highest BCUT2D eigenvalue weighted by molar-refractivity contribution is 7.15. The van der Waals surface area contributed by atoms with E-state index in [0.29, 0.717) is 18.2 Å². The van der Waals surface area contributed by atoms with E-state index >= 15 is 0 Å². The van der Waals surface area contributed by atoms with E-state index in [4.69, 9.17) is 10.7 Å². The predicted molar refractivity (Wildman–Crippen MR) is 102 cm³/mol. The van der Waals surface area contributed by atoms with Crippen LogP contribution in [0.4, 0.5) is 0 Å². The normalized spacial score (nSPS) is 20.7. The molecule has 25 heavy (non-hydrogen) atoms. The number of benzene rings is 1. The van der Waals surface area contributed by atoms with Gasteiger partial charge in [0, 0.05) is 25.0 Å². The number of aryl methyl sites for hydroxylation is 1. The van der Waals surface area contributed by atoms with E-state index in [9.17, 15) is 4.79 Å². The number of hydrogen-bond donors (Lipinski definition) is 1. The van der Waals surface area contributed by atoms with Gasteiger partial charge in [-0.1, -0.05) is 29.8 Å². The van der Waals surface area contributed by atoms with E-state index in [1.54, 1.807) is 11.3 Å². The summed E-state index contributed by atoms with van der Waals surface area (Å²) in [5.74, 6) is 0.622. The smallest absolute Gasteiger partial charge is 0.274 e. The van der Waals surface area contributed by atoms with Gasteiger partial charge in [0.15, 0.2) is 0 Å². The molecule has 132 valence electrons. The molecule has 2 fully saturated rings. The second-order valence-corrected chi connectivity index (χ2v) is 8.28. The fourth-order valence-electron chi connectivity index (χ4n) is 3.54. The number of nitrogens with two attached hydrogens (primary N) is 1. The van der Waals surface area contributed by atoms with Gasteiger partial charge in [0.25, 0.3) is 5.91 Å². The topological polar surface area (TPSA) is 59.2 Å². The number of carbonyl (C=O) groups is 1. The summed E-state index contributed by atoms with van der Waals surface area (Å²) >= 11 is 1.70. The quantitative estimate of drug-likeness (QED) is 0.903. The molecule has 1 atom stereocenters. The lowest BCUT2D eigenvalue weighted by Crippen LogP contribution is -2.47. The van der Waals surface area contributed by atoms with Crippen molar-refractivity contribution in [1.82, 2.24) is 9.88 Å². The average Bonchev–Trinajstić information content (AvgIpc) is 3.41. The lowest BCUT2D eigenvalue weighted by atomic mass is 10.0. The van der Waals surface area contributed by atoms with Gasteiger partial charge >= 0.3 is 0 Å². The van der Waals surface area contributed by atoms with Crippen LogP contribution >= 0.6 is 11.3 Å². The van der Waals surface area contributed by atoms with Crippen molar-refractivity contribution in [3.63, 3.8) is 0 Å². The summed E-state index contributed by atoms with van der Waals surface area (Å²) in [4.78, 5) is 21.1. The Balaban J connectivity index is 1.72. The van der Waals surface area contributed by atoms with Crippen molar-refractivity contribution < 1.29 is 4.79 Å². The molecule has 2 aliphatic rings. The van der Waals surface area contributed by atoms with Crippen molar-refractivity contribution in [1.29, 1.82) is 0 Å². The van der Waals surface area contributed by atoms with Crippen LogP contribution in [0.5, 0.6) is 0 Å². The Morgan fingerprint density at radius 3 is 2.68 bits per heavy atom. The number of hydrogen-bond acceptors (Lipinski definition) is 4. The summed E-state index contributed by atoms with van der Waals surface area (Å²) in [6.45, 7) is 3.41. The average molecular weight is 356 g/mol. The minimum absolute atomic E-state index is 0.0638. The fourth-order valence-corrected chi connectivity index (χ4v) is 4.77. The second-order valence-electron chi connectivity index (χ2n) is 7.25. The summed E-state index contributed by atoms with van der Waals surface area (Å²) in [6.07, 6.45) is 5.61. The van der Waals surface area contributed by atoms with E-state index in [1.165, 1.54) is 18.4 Å². The summed E-state index contributed by atoms with van der Waals surface area (Å²) < 4.78 is 0. The first-order valence-corrected chi connectivity index (χ1v) is 10.1. The molecule has 1 aliphatic carbocycles. The number of piperidine rings is 1. The van der Waals surface area contributed by atoms with Crippen LogP contribution in [-0.4, -0.2) is 34.9 Å². The predicted octanol–water partition coefficient (Wildman–Crippen LogP) is 3.95. The molecule has 1 aromatic heterocycles. The Kier molecular flexibility index (Phi) is 4.61. The number of thiazole rings is 1. The third-order valence-corrected chi connectivity index (χ3v) is 6.51. The number of amides is 1. The molecule has 1 aromatic carbocycles. The Morgan fingerprint density at radius 1 is 1.24 bits per heavy atom. The molecule has 4 rings (SSSR count). The van der Waals surface area contributed by atoms with Gasteiger partial charge in [0.1, 0.15) is 5.69 Å². The molecule has 1 aliphatic heterocycles. The monoisotopic (exact) mass is 355 g/mol. The molecule has 1 unspecified atom stereocenters. The molecule has 2 heterocycles. The van der Waals surface area contributed by atoms with Crippen molar-refractivity contribution in [2.75, 3.05) is 13.1 Å². The molecule has 1 amide bonds. The van der Waals surface area contributed by atoms with Crippen molar-refractivity contribution in [3.8, 4) is 10.4 Å². The van der Waals surface area contributed by atoms with Crippen molar-refractivity contribution >= 4 is 17.2 Å². The summed E-state index contributed by atoms with van der Waals surface area (Å²) in [5.41, 5.74) is 8.88. The zero-order chi connectivity index (χ0) is 17.4. The van der Waals surface area contributed by atoms with Crippen molar-refractivity contribution in [2.24, 2.45) is 5.73 Å². The van der Waals surface area contributed by atoms with E-state index in [1.807, 2.05) is 4.90 Å². The van der Waals surface area contributed by atoms with Crippen LogP contribution in [0.25, 0.3) is 10.4 Å². The second kappa shape index (κ2) is 6.89. The largest absolute Gasteiger partial charge is 0.333 e. The number of likely N-dealkylation sites (tertiary alicyclic amines) is 1. The Bertz CT molecular complexity index is 764. The molecule has 0 radical (unpaired) electrons. The molecule has 2 N–H and O–H groups in total. The highest BCUT2D eigenvalue weighted by atomic mass is 32.1. The van der Waals surface area contributed by atoms with Gasteiger partial charge in [-0.05, 0) is 44.6 Å². The molecule has 4 nitrogen and oxygen atoms in total. The van der Waals surface area contributed by atoms with E-state index in [-0.39, 0.29) is 11.9 Å². The van der Waals surface area contributed by atoms with Crippen LogP contribution in [0.3, 0.4) is 0 Å². The van der Waals surface area contributed by atoms with Gasteiger partial charge in [0.2, 0.25) is 0 Å². The molecular weight excluding hydrogens is 330 g/mol. The SMILES string of the molecule is Cc1ccc(-c2sc(C3CC3)nc2C(=O)N2CCCCC2CN)cc1. The minimum atomic E-state index is 0.0638. The van der Waals surface area contributed by atoms with E-state index in [2.05, 4.69) is 31.2 Å². The third kappa shape index (κ3) is 3.35. The van der Waals surface area contributed by atoms with Crippen LogP contribution < -0.4 is 5.73 Å². The highest BCUT2D eigenvalue weighted by Crippen LogP contribution is 2.45. The maximum atomic E-state index is 13.3. The molecule has 1 saturated carbocycles. The minimum Gasteiger partial charge on any atom is -0.333 e. The first kappa shape index (κ1) is 16.7. The van der Waals surface area contributed by atoms with Crippen molar-refractivity contribution in [3.05, 3.63) is 40.5 Å². The highest BCUT2D eigenvalue weighted by Gasteiger charge is 2.33. The van der Waals surface area contributed by atoms with Gasteiger partial charge in [-0.2, -0.15) is 0 Å². The standard InChI is InChI=1S/C20H25N3OS/c1-13-5-7-14(8-6-13)18-17(22-19(25-18)15-9-10-15)20(24)23-11-3-2-4-16(23)12-21/h5-8,15-16H,2-4,9-12,21H2,1H3. The van der Waals surface area contributed by atoms with E-state index < -0.39 is 0 Å². The number of carbonyl (C=O) groups excluding carboxylic acids is 1. The third-order valence-electron chi connectivity index (χ3n) is 5.25. The summed E-state index contributed by atoms with van der Waals surface area (Å²) in [7, 11) is 0. The van der Waals surface area contributed by atoms with Crippen LogP contribution in [0.2, 0.25) is 0 Å². The molecule has 0 bridgehead atoms. The van der Waals surface area contributed by atoms with Gasteiger partial charge in [-0.25, -0.2) is 4.98 Å². The maximum Gasteiger partial charge on any atom is 0.274 e. The Labute approximate surface area is 153 Å². The lowest BCUT2D eigenvalue weighted by Gasteiger charge is -2.34. The first-order valence-electron chi connectivity index (χ1n) is 9.26. The van der Waals surface area contributed by atoms with Crippen LogP contribution in [0, 0.1) is 6.92 Å². The van der Waals surface area contributed by atoms with Crippen LogP contribution in [0.1, 0.15) is 59.1 Å². The molecule has 2 aromatic rings. The summed E-state index contributed by atoms with van der Waals surface area (Å²) in [5, 5.41) is 1.13. The molecular formula is C20H25N3OS. The molecule has 1 saturated heterocycles. The molecule has 0 spiro atoms. The Hall–Kier alpha value is -1.72. The van der Waals surface area contributed by atoms with Gasteiger partial charge in [-0.15, -0.1) is 11.3 Å². The van der Waals surface area contributed by atoms with Gasteiger partial charge < -0.3 is 10.6 Å². The van der Waals surface area contributed by atoms with E-state index in [0.717, 1.165) is 41.3 Å². The number of nitrogens with zero attached hydrogens (tertiary/aromatic N) is 2. The van der Waals surface area contributed by atoms with Crippen LogP contribution in [0.15, 0.2) is 24.3 Å². The van der Waals surface area contributed by atoms with Crippen LogP contribution in [-0.2, 0) is 0 Å². The fraction of sp³-hybridized carbons (Fsp3) is 0.500. The number of rotatable bonds is 4. The summed E-state index contributed by atoms with van der Waals surface area (Å²) in [6, 6.07) is 8.56. The zero-order valence-corrected chi connectivity index (χ0v) is 15.5. The Morgan fingerprint density at radius 2 is 2.00 bits per heavy atom. The maximum absolute atomic E-state index is 13.3. The number of aromatic nitrogens is 1. The first-order chi connectivity index (χ1) is 12.2. The van der Waals surface area contributed by atoms with Gasteiger partial charge in [-0.3, -0.25) is 4.79 Å². The zero-order valence-electron chi connectivity index (χ0n) is 14.7. The molecule has 5 heteroatoms.